The molecule has 0 aliphatic carbocycles. The van der Waals surface area contributed by atoms with E-state index in [2.05, 4.69) is 6.92 Å². The highest BCUT2D eigenvalue weighted by Gasteiger charge is 2.38. The number of para-hydroxylation sites is 1. The van der Waals surface area contributed by atoms with Crippen LogP contribution in [0.4, 0.5) is 0 Å². The lowest BCUT2D eigenvalue weighted by molar-refractivity contribution is -0.143. The molecule has 0 spiro atoms. The van der Waals surface area contributed by atoms with E-state index in [1.54, 1.807) is 24.6 Å². The average molecular weight is 585 g/mol. The zero-order chi connectivity index (χ0) is 31.1. The van der Waals surface area contributed by atoms with Crippen molar-refractivity contribution >= 4 is 17.9 Å². The van der Waals surface area contributed by atoms with E-state index in [1.165, 1.54) is 17.7 Å². The predicted octanol–water partition coefficient (Wildman–Crippen LogP) is 7.85. The molecule has 4 aromatic rings. The Morgan fingerprint density at radius 1 is 0.909 bits per heavy atom. The van der Waals surface area contributed by atoms with Crippen LogP contribution in [0.25, 0.3) is 23.0 Å². The molecule has 1 atom stereocenters. The van der Waals surface area contributed by atoms with Crippen LogP contribution in [0.1, 0.15) is 63.6 Å². The number of nitrogens with zero attached hydrogens (tertiary/aromatic N) is 4. The average Bonchev–Trinajstić information content (AvgIpc) is 3.48. The van der Waals surface area contributed by atoms with Gasteiger partial charge < -0.3 is 4.74 Å². The van der Waals surface area contributed by atoms with Crippen molar-refractivity contribution in [1.82, 2.24) is 14.7 Å². The molecule has 222 valence electrons. The van der Waals surface area contributed by atoms with Crippen molar-refractivity contribution in [2.75, 3.05) is 6.61 Å². The lowest BCUT2D eigenvalue weighted by Crippen LogP contribution is -2.44. The van der Waals surface area contributed by atoms with Crippen molar-refractivity contribution in [1.29, 1.82) is 5.26 Å². The van der Waals surface area contributed by atoms with Crippen LogP contribution in [0.15, 0.2) is 108 Å². The minimum absolute atomic E-state index is 0.0453. The molecule has 7 nitrogen and oxygen atoms in total. The maximum atomic E-state index is 14.0. The number of hydrogen-bond acceptors (Lipinski definition) is 5. The smallest absolute Gasteiger partial charge is 0.272 e. The molecule has 1 aliphatic rings. The Hall–Kier alpha value is -5.22. The molecule has 44 heavy (non-hydrogen) atoms. The van der Waals surface area contributed by atoms with Gasteiger partial charge in [-0.25, -0.2) is 4.68 Å². The van der Waals surface area contributed by atoms with Gasteiger partial charge in [-0.1, -0.05) is 74.7 Å². The summed E-state index contributed by atoms with van der Waals surface area (Å²) >= 11 is 0. The standard InChI is InChI=1S/C37H36N4O3/c1-4-5-6-13-22-44-32-20-18-29(19-21-32)35-30(25-40(39-35)31-16-11-8-12-17-31)23-33-26(2)34(24-38)37(43)41(36(33)42)27(3)28-14-9-7-10-15-28/h7-12,14-21,23,25,27H,4-6,13,22H2,1-3H3/b33-23+. The first-order valence-corrected chi connectivity index (χ1v) is 15.1. The first kappa shape index (κ1) is 30.2. The third-order valence-electron chi connectivity index (χ3n) is 7.90. The molecule has 2 amide bonds. The van der Waals surface area contributed by atoms with E-state index in [-0.39, 0.29) is 11.1 Å². The van der Waals surface area contributed by atoms with Crippen LogP contribution >= 0.6 is 0 Å². The fraction of sp³-hybridized carbons (Fsp3) is 0.243. The van der Waals surface area contributed by atoms with E-state index in [4.69, 9.17) is 9.84 Å². The van der Waals surface area contributed by atoms with Gasteiger partial charge in [0.2, 0.25) is 0 Å². The van der Waals surface area contributed by atoms with E-state index in [0.717, 1.165) is 35.4 Å². The van der Waals surface area contributed by atoms with E-state index in [1.807, 2.05) is 97.2 Å². The van der Waals surface area contributed by atoms with Gasteiger partial charge in [0.1, 0.15) is 17.4 Å². The lowest BCUT2D eigenvalue weighted by Gasteiger charge is -2.32. The van der Waals surface area contributed by atoms with Gasteiger partial charge in [0, 0.05) is 22.9 Å². The Morgan fingerprint density at radius 2 is 1.59 bits per heavy atom. The van der Waals surface area contributed by atoms with E-state index < -0.39 is 17.9 Å². The van der Waals surface area contributed by atoms with Crippen LogP contribution in [-0.2, 0) is 9.59 Å². The zero-order valence-corrected chi connectivity index (χ0v) is 25.4. The number of imide groups is 1. The number of amides is 2. The summed E-state index contributed by atoms with van der Waals surface area (Å²) in [5.74, 6) is -0.251. The highest BCUT2D eigenvalue weighted by molar-refractivity contribution is 6.20. The molecule has 3 aromatic carbocycles. The Labute approximate surface area is 258 Å². The van der Waals surface area contributed by atoms with Crippen LogP contribution in [0.5, 0.6) is 5.75 Å². The van der Waals surface area contributed by atoms with Gasteiger partial charge in [0.15, 0.2) is 0 Å². The molecule has 0 fully saturated rings. The van der Waals surface area contributed by atoms with Crippen molar-refractivity contribution in [3.8, 4) is 28.8 Å². The number of ether oxygens (including phenoxy) is 1. The molecule has 1 unspecified atom stereocenters. The fourth-order valence-electron chi connectivity index (χ4n) is 5.35. The van der Waals surface area contributed by atoms with Gasteiger partial charge in [0.25, 0.3) is 11.8 Å². The summed E-state index contributed by atoms with van der Waals surface area (Å²) in [4.78, 5) is 28.6. The number of unbranched alkanes of at least 4 members (excludes halogenated alkanes) is 3. The summed E-state index contributed by atoms with van der Waals surface area (Å²) in [6.45, 7) is 6.31. The van der Waals surface area contributed by atoms with Gasteiger partial charge in [-0.15, -0.1) is 0 Å². The highest BCUT2D eigenvalue weighted by Crippen LogP contribution is 2.35. The zero-order valence-electron chi connectivity index (χ0n) is 25.4. The van der Waals surface area contributed by atoms with Crippen molar-refractivity contribution < 1.29 is 14.3 Å². The predicted molar refractivity (Wildman–Crippen MR) is 172 cm³/mol. The lowest BCUT2D eigenvalue weighted by atomic mass is 9.91. The molecule has 1 aromatic heterocycles. The molecule has 0 bridgehead atoms. The molecule has 0 radical (unpaired) electrons. The summed E-state index contributed by atoms with van der Waals surface area (Å²) in [5.41, 5.74) is 4.44. The second-order valence-corrected chi connectivity index (χ2v) is 10.9. The Balaban J connectivity index is 1.55. The largest absolute Gasteiger partial charge is 0.494 e. The van der Waals surface area contributed by atoms with Gasteiger partial charge in [-0.3, -0.25) is 14.5 Å². The minimum atomic E-state index is -0.589. The third-order valence-corrected chi connectivity index (χ3v) is 7.90. The Bertz CT molecular complexity index is 1730. The fourth-order valence-corrected chi connectivity index (χ4v) is 5.35. The van der Waals surface area contributed by atoms with Crippen molar-refractivity contribution in [2.45, 2.75) is 52.5 Å². The molecule has 5 rings (SSSR count). The number of aromatic nitrogens is 2. The number of rotatable bonds is 11. The molecule has 0 saturated heterocycles. The molecular formula is C37H36N4O3. The maximum absolute atomic E-state index is 14.0. The topological polar surface area (TPSA) is 88.2 Å². The molecular weight excluding hydrogens is 548 g/mol. The number of carbonyl (C=O) groups is 2. The van der Waals surface area contributed by atoms with Crippen molar-refractivity contribution in [3.63, 3.8) is 0 Å². The first-order chi connectivity index (χ1) is 21.4. The summed E-state index contributed by atoms with van der Waals surface area (Å²) in [5, 5.41) is 14.9. The maximum Gasteiger partial charge on any atom is 0.272 e. The number of benzene rings is 3. The number of carbonyl (C=O) groups excluding carboxylic acids is 2. The monoisotopic (exact) mass is 584 g/mol. The molecule has 2 heterocycles. The number of hydrogen-bond donors (Lipinski definition) is 0. The summed E-state index contributed by atoms with van der Waals surface area (Å²) < 4.78 is 7.72. The Kier molecular flexibility index (Phi) is 9.51. The second-order valence-electron chi connectivity index (χ2n) is 10.9. The summed E-state index contributed by atoms with van der Waals surface area (Å²) in [6.07, 6.45) is 8.16. The van der Waals surface area contributed by atoms with Gasteiger partial charge in [-0.2, -0.15) is 10.4 Å². The third kappa shape index (κ3) is 6.40. The first-order valence-electron chi connectivity index (χ1n) is 15.1. The van der Waals surface area contributed by atoms with Crippen LogP contribution in [0, 0.1) is 11.3 Å². The van der Waals surface area contributed by atoms with Gasteiger partial charge >= 0.3 is 0 Å². The van der Waals surface area contributed by atoms with Gasteiger partial charge in [-0.05, 0) is 73.9 Å². The summed E-state index contributed by atoms with van der Waals surface area (Å²) in [7, 11) is 0. The normalized spacial score (nSPS) is 15.0. The molecule has 0 N–H and O–H groups in total. The Morgan fingerprint density at radius 3 is 2.25 bits per heavy atom. The van der Waals surface area contributed by atoms with E-state index in [9.17, 15) is 14.9 Å². The highest BCUT2D eigenvalue weighted by atomic mass is 16.5. The minimum Gasteiger partial charge on any atom is -0.494 e. The second kappa shape index (κ2) is 13.8. The molecule has 7 heteroatoms. The van der Waals surface area contributed by atoms with Crippen molar-refractivity contribution in [3.05, 3.63) is 119 Å². The SMILES string of the molecule is CCCCCCOc1ccc(-c2nn(-c3ccccc3)cc2/C=C2/C(=O)N(C(C)c3ccccc3)C(=O)C(C#N)=C2C)cc1. The van der Waals surface area contributed by atoms with Crippen molar-refractivity contribution in [2.24, 2.45) is 0 Å². The van der Waals surface area contributed by atoms with Crippen LogP contribution in [0.3, 0.4) is 0 Å². The quantitative estimate of drug-likeness (QED) is 0.102. The van der Waals surface area contributed by atoms with Crippen LogP contribution in [-0.4, -0.2) is 33.1 Å². The van der Waals surface area contributed by atoms with Crippen LogP contribution in [0.2, 0.25) is 0 Å². The number of nitriles is 1. The molecule has 1 aliphatic heterocycles. The van der Waals surface area contributed by atoms with Gasteiger partial charge in [0.05, 0.1) is 24.0 Å². The van der Waals surface area contributed by atoms with E-state index >= 15 is 0 Å². The summed E-state index contributed by atoms with van der Waals surface area (Å²) in [6, 6.07) is 28.3. The van der Waals surface area contributed by atoms with E-state index in [0.29, 0.717) is 23.4 Å². The molecule has 0 saturated carbocycles. The van der Waals surface area contributed by atoms with Crippen LogP contribution < -0.4 is 4.74 Å².